The van der Waals surface area contributed by atoms with E-state index in [4.69, 9.17) is 0 Å². The summed E-state index contributed by atoms with van der Waals surface area (Å²) in [7, 11) is 0. The van der Waals surface area contributed by atoms with Crippen molar-refractivity contribution in [2.45, 2.75) is 20.8 Å². The van der Waals surface area contributed by atoms with Crippen LogP contribution in [0.25, 0.3) is 0 Å². The van der Waals surface area contributed by atoms with Crippen molar-refractivity contribution in [3.05, 3.63) is 59.2 Å². The third-order valence-corrected chi connectivity index (χ3v) is 2.96. The van der Waals surface area contributed by atoms with Gasteiger partial charge in [0.1, 0.15) is 0 Å². The minimum absolute atomic E-state index is 0.426. The molecule has 0 aliphatic carbocycles. The molecule has 0 amide bonds. The summed E-state index contributed by atoms with van der Waals surface area (Å²) in [4.78, 5) is 26.8. The summed E-state index contributed by atoms with van der Waals surface area (Å²) in [5.41, 5.74) is 4.45. The van der Waals surface area contributed by atoms with Crippen molar-refractivity contribution in [1.82, 2.24) is 0 Å². The molecule has 0 aliphatic heterocycles. The number of aryl methyl sites for hydroxylation is 3. The van der Waals surface area contributed by atoms with Crippen LogP contribution in [0.3, 0.4) is 0 Å². The van der Waals surface area contributed by atoms with Crippen LogP contribution in [0.4, 0.5) is 11.4 Å². The highest BCUT2D eigenvalue weighted by molar-refractivity contribution is 5.61. The number of isocyanates is 2. The average Bonchev–Trinajstić information content (AvgIpc) is 2.47. The number of hydrogen-bond acceptors (Lipinski definition) is 4. The van der Waals surface area contributed by atoms with Gasteiger partial charge in [0.25, 0.3) is 0 Å². The van der Waals surface area contributed by atoms with Gasteiger partial charge in [-0.15, -0.1) is 0 Å². The number of aliphatic imine (C=N–C) groups is 2. The van der Waals surface area contributed by atoms with E-state index in [1.165, 1.54) is 29.4 Å². The topological polar surface area (TPSA) is 58.9 Å². The molecule has 0 heterocycles. The predicted octanol–water partition coefficient (Wildman–Crippen LogP) is 4.23. The summed E-state index contributed by atoms with van der Waals surface area (Å²) in [5, 5.41) is 0. The zero-order chi connectivity index (χ0) is 15.7. The summed E-state index contributed by atoms with van der Waals surface area (Å²) in [6.07, 6.45) is 2.84. The van der Waals surface area contributed by atoms with Gasteiger partial charge in [-0.05, 0) is 49.6 Å². The maximum Gasteiger partial charge on any atom is 0.240 e. The fraction of sp³-hybridized carbons (Fsp3) is 0.176. The number of carbonyl (C=O) groups excluding carboxylic acids is 2. The van der Waals surface area contributed by atoms with Gasteiger partial charge in [0.15, 0.2) is 0 Å². The highest BCUT2D eigenvalue weighted by atomic mass is 16.1. The van der Waals surface area contributed by atoms with Crippen LogP contribution < -0.4 is 0 Å². The predicted molar refractivity (Wildman–Crippen MR) is 82.7 cm³/mol. The molecule has 2 aromatic rings. The zero-order valence-electron chi connectivity index (χ0n) is 12.3. The third-order valence-electron chi connectivity index (χ3n) is 2.96. The first-order chi connectivity index (χ1) is 10.1. The van der Waals surface area contributed by atoms with Crippen molar-refractivity contribution in [3.63, 3.8) is 0 Å². The Morgan fingerprint density at radius 3 is 1.81 bits per heavy atom. The first kappa shape index (κ1) is 16.3. The minimum Gasteiger partial charge on any atom is -0.211 e. The highest BCUT2D eigenvalue weighted by Crippen LogP contribution is 2.23. The van der Waals surface area contributed by atoms with Crippen molar-refractivity contribution < 1.29 is 9.59 Å². The fourth-order valence-electron chi connectivity index (χ4n) is 1.55. The molecule has 4 nitrogen and oxygen atoms in total. The van der Waals surface area contributed by atoms with Crippen LogP contribution in [0.5, 0.6) is 0 Å². The molecule has 0 spiro atoms. The van der Waals surface area contributed by atoms with Crippen LogP contribution in [0, 0.1) is 20.8 Å². The normalized spacial score (nSPS) is 8.71. The molecule has 2 aromatic carbocycles. The van der Waals surface area contributed by atoms with E-state index in [0.29, 0.717) is 11.4 Å². The molecule has 0 unspecified atom stereocenters. The number of rotatable bonds is 2. The lowest BCUT2D eigenvalue weighted by Crippen LogP contribution is -1.74. The number of benzene rings is 2. The van der Waals surface area contributed by atoms with E-state index in [2.05, 4.69) is 48.1 Å². The maximum atomic E-state index is 10.00. The first-order valence-electron chi connectivity index (χ1n) is 6.37. The van der Waals surface area contributed by atoms with E-state index in [1.807, 2.05) is 0 Å². The number of hydrogen-bond donors (Lipinski definition) is 0. The summed E-state index contributed by atoms with van der Waals surface area (Å²) in [6, 6.07) is 13.2. The van der Waals surface area contributed by atoms with Gasteiger partial charge in [0, 0.05) is 0 Å². The van der Waals surface area contributed by atoms with Crippen LogP contribution in [-0.2, 0) is 9.59 Å². The Balaban J connectivity index is 0.000000235. The molecule has 0 saturated carbocycles. The molecule has 0 bridgehead atoms. The first-order valence-corrected chi connectivity index (χ1v) is 6.37. The van der Waals surface area contributed by atoms with Crippen LogP contribution in [0.2, 0.25) is 0 Å². The van der Waals surface area contributed by atoms with Gasteiger partial charge in [-0.1, -0.05) is 30.3 Å². The standard InChI is InChI=1S/C9H6N2O2.C8H10/c1-7-2-3-8(10-5-12)4-9(7)11-6-13;1-7-5-3-4-6-8(7)2/h2-4H,1H3;3-6H,1-2H3. The molecule has 2 rings (SSSR count). The summed E-state index contributed by atoms with van der Waals surface area (Å²) >= 11 is 0. The van der Waals surface area contributed by atoms with Crippen LogP contribution in [0.1, 0.15) is 16.7 Å². The third kappa shape index (κ3) is 5.37. The Morgan fingerprint density at radius 2 is 1.33 bits per heavy atom. The van der Waals surface area contributed by atoms with Crippen LogP contribution in [-0.4, -0.2) is 12.2 Å². The van der Waals surface area contributed by atoms with E-state index in [9.17, 15) is 9.59 Å². The quantitative estimate of drug-likeness (QED) is 0.610. The SMILES string of the molecule is Cc1ccc(N=C=O)cc1N=C=O.Cc1ccccc1C. The lowest BCUT2D eigenvalue weighted by atomic mass is 10.1. The van der Waals surface area contributed by atoms with Gasteiger partial charge in [-0.2, -0.15) is 9.98 Å². The Labute approximate surface area is 123 Å². The van der Waals surface area contributed by atoms with Crippen molar-refractivity contribution in [1.29, 1.82) is 0 Å². The van der Waals surface area contributed by atoms with E-state index in [-0.39, 0.29) is 0 Å². The van der Waals surface area contributed by atoms with Gasteiger partial charge in [-0.25, -0.2) is 9.59 Å². The maximum absolute atomic E-state index is 10.00. The smallest absolute Gasteiger partial charge is 0.211 e. The average molecular weight is 280 g/mol. The zero-order valence-corrected chi connectivity index (χ0v) is 12.3. The summed E-state index contributed by atoms with van der Waals surface area (Å²) in [6.45, 7) is 6.04. The summed E-state index contributed by atoms with van der Waals surface area (Å²) in [5.74, 6) is 0. The molecule has 0 radical (unpaired) electrons. The Bertz CT molecular complexity index is 689. The van der Waals surface area contributed by atoms with Crippen molar-refractivity contribution in [2.75, 3.05) is 0 Å². The van der Waals surface area contributed by atoms with Crippen LogP contribution >= 0.6 is 0 Å². The van der Waals surface area contributed by atoms with E-state index < -0.39 is 0 Å². The van der Waals surface area contributed by atoms with E-state index >= 15 is 0 Å². The van der Waals surface area contributed by atoms with E-state index in [0.717, 1.165) is 5.56 Å². The Morgan fingerprint density at radius 1 is 0.762 bits per heavy atom. The monoisotopic (exact) mass is 280 g/mol. The van der Waals surface area contributed by atoms with Gasteiger partial charge in [0.05, 0.1) is 11.4 Å². The molecule has 0 saturated heterocycles. The molecule has 4 heteroatoms. The summed E-state index contributed by atoms with van der Waals surface area (Å²) < 4.78 is 0. The highest BCUT2D eigenvalue weighted by Gasteiger charge is 1.97. The molecular formula is C17H16N2O2. The Hall–Kier alpha value is -2.80. The lowest BCUT2D eigenvalue weighted by Gasteiger charge is -1.97. The second-order valence-corrected chi connectivity index (χ2v) is 4.46. The Kier molecular flexibility index (Phi) is 6.49. The van der Waals surface area contributed by atoms with Crippen molar-refractivity contribution in [3.8, 4) is 0 Å². The second kappa shape index (κ2) is 8.39. The fourth-order valence-corrected chi connectivity index (χ4v) is 1.55. The minimum atomic E-state index is 0.426. The molecule has 0 fully saturated rings. The van der Waals surface area contributed by atoms with Gasteiger partial charge < -0.3 is 0 Å². The molecule has 0 aromatic heterocycles. The number of nitrogens with zero attached hydrogens (tertiary/aromatic N) is 2. The lowest BCUT2D eigenvalue weighted by molar-refractivity contribution is 0.565. The van der Waals surface area contributed by atoms with Gasteiger partial charge in [-0.3, -0.25) is 0 Å². The van der Waals surface area contributed by atoms with Gasteiger partial charge >= 0.3 is 0 Å². The molecule has 0 atom stereocenters. The molecule has 0 aliphatic rings. The molecule has 0 N–H and O–H groups in total. The van der Waals surface area contributed by atoms with Gasteiger partial charge in [0.2, 0.25) is 12.2 Å². The van der Waals surface area contributed by atoms with E-state index in [1.54, 1.807) is 19.1 Å². The van der Waals surface area contributed by atoms with Crippen molar-refractivity contribution in [2.24, 2.45) is 9.98 Å². The molecular weight excluding hydrogens is 264 g/mol. The molecule has 106 valence electrons. The second-order valence-electron chi connectivity index (χ2n) is 4.46. The van der Waals surface area contributed by atoms with Crippen LogP contribution in [0.15, 0.2) is 52.4 Å². The molecule has 21 heavy (non-hydrogen) atoms. The largest absolute Gasteiger partial charge is 0.240 e. The van der Waals surface area contributed by atoms with Crippen molar-refractivity contribution >= 4 is 23.5 Å².